The van der Waals surface area contributed by atoms with Crippen molar-refractivity contribution in [3.8, 4) is 11.5 Å². The first-order valence-electron chi connectivity index (χ1n) is 8.19. The molecule has 0 bridgehead atoms. The number of aromatic nitrogens is 3. The van der Waals surface area contributed by atoms with E-state index < -0.39 is 0 Å². The average Bonchev–Trinajstić information content (AvgIpc) is 2.60. The number of benzene rings is 1. The molecule has 0 radical (unpaired) electrons. The number of nitrogens with two attached hydrogens (primary N) is 1. The van der Waals surface area contributed by atoms with Gasteiger partial charge in [-0.25, -0.2) is 0 Å². The van der Waals surface area contributed by atoms with E-state index in [1.54, 1.807) is 11.8 Å². The number of nitrogens with zero attached hydrogens (tertiary/aromatic N) is 4. The lowest BCUT2D eigenvalue weighted by Crippen LogP contribution is -2.16. The van der Waals surface area contributed by atoms with E-state index >= 15 is 0 Å². The molecule has 2 rings (SSSR count). The molecule has 0 aliphatic carbocycles. The second-order valence-electron chi connectivity index (χ2n) is 5.53. The zero-order valence-corrected chi connectivity index (χ0v) is 15.8. The van der Waals surface area contributed by atoms with Crippen LogP contribution < -0.4 is 20.1 Å². The Morgan fingerprint density at radius 2 is 1.64 bits per heavy atom. The molecule has 0 saturated heterocycles. The minimum Gasteiger partial charge on any atom is -0.494 e. The van der Waals surface area contributed by atoms with Crippen molar-refractivity contribution in [1.82, 2.24) is 15.0 Å². The highest BCUT2D eigenvalue weighted by atomic mass is 32.2. The van der Waals surface area contributed by atoms with E-state index in [9.17, 15) is 0 Å². The molecule has 1 aromatic heterocycles. The second kappa shape index (κ2) is 9.93. The lowest BCUT2D eigenvalue weighted by Gasteiger charge is -2.11. The molecule has 2 N–H and O–H groups in total. The summed E-state index contributed by atoms with van der Waals surface area (Å²) in [5.74, 6) is 4.70. The maximum absolute atomic E-state index is 5.73. The van der Waals surface area contributed by atoms with Crippen LogP contribution in [-0.4, -0.2) is 48.0 Å². The summed E-state index contributed by atoms with van der Waals surface area (Å²) in [6.45, 7) is 3.43. The van der Waals surface area contributed by atoms with Crippen LogP contribution in [0.2, 0.25) is 0 Å². The van der Waals surface area contributed by atoms with Crippen molar-refractivity contribution in [2.75, 3.05) is 43.7 Å². The van der Waals surface area contributed by atoms with Crippen LogP contribution in [-0.2, 0) is 5.75 Å². The SMILES string of the molecule is CCCOc1ccc(OCCSCc2nc(N)nc(N(C)C)n2)cc1. The third-order valence-electron chi connectivity index (χ3n) is 3.11. The van der Waals surface area contributed by atoms with Crippen LogP contribution in [0.5, 0.6) is 11.5 Å². The fraction of sp³-hybridized carbons (Fsp3) is 0.471. The molecule has 0 unspecified atom stereocenters. The summed E-state index contributed by atoms with van der Waals surface area (Å²) >= 11 is 1.69. The Bertz CT molecular complexity index is 652. The van der Waals surface area contributed by atoms with Gasteiger partial charge in [0.15, 0.2) is 0 Å². The molecule has 136 valence electrons. The van der Waals surface area contributed by atoms with Crippen LogP contribution >= 0.6 is 11.8 Å². The quantitative estimate of drug-likeness (QED) is 0.645. The molecule has 0 atom stereocenters. The highest BCUT2D eigenvalue weighted by Gasteiger charge is 2.06. The molecule has 2 aromatic rings. The summed E-state index contributed by atoms with van der Waals surface area (Å²) in [7, 11) is 3.75. The van der Waals surface area contributed by atoms with Gasteiger partial charge in [0.05, 0.1) is 19.0 Å². The summed E-state index contributed by atoms with van der Waals surface area (Å²) in [5, 5.41) is 0. The fourth-order valence-corrected chi connectivity index (χ4v) is 2.58. The minimum atomic E-state index is 0.246. The molecule has 7 nitrogen and oxygen atoms in total. The van der Waals surface area contributed by atoms with Crippen molar-refractivity contribution >= 4 is 23.7 Å². The fourth-order valence-electron chi connectivity index (χ4n) is 1.92. The summed E-state index contributed by atoms with van der Waals surface area (Å²) in [5.41, 5.74) is 5.71. The second-order valence-corrected chi connectivity index (χ2v) is 6.63. The maximum atomic E-state index is 5.73. The largest absolute Gasteiger partial charge is 0.494 e. The molecule has 8 heteroatoms. The van der Waals surface area contributed by atoms with Crippen LogP contribution in [0.15, 0.2) is 24.3 Å². The van der Waals surface area contributed by atoms with E-state index in [0.717, 1.165) is 30.3 Å². The number of hydrogen-bond acceptors (Lipinski definition) is 8. The monoisotopic (exact) mass is 363 g/mol. The highest BCUT2D eigenvalue weighted by Crippen LogP contribution is 2.18. The number of rotatable bonds is 10. The standard InChI is InChI=1S/C17H25N5O2S/c1-4-9-23-13-5-7-14(8-6-13)24-10-11-25-12-15-19-16(18)21-17(20-15)22(2)3/h5-8H,4,9-12H2,1-3H3,(H2,18,19,20,21). The smallest absolute Gasteiger partial charge is 0.229 e. The van der Waals surface area contributed by atoms with Crippen LogP contribution in [0.3, 0.4) is 0 Å². The van der Waals surface area contributed by atoms with Crippen molar-refractivity contribution in [3.63, 3.8) is 0 Å². The van der Waals surface area contributed by atoms with Gasteiger partial charge in [-0.05, 0) is 30.7 Å². The van der Waals surface area contributed by atoms with E-state index in [1.807, 2.05) is 43.3 Å². The van der Waals surface area contributed by atoms with Crippen LogP contribution in [0.25, 0.3) is 0 Å². The van der Waals surface area contributed by atoms with Gasteiger partial charge in [0.2, 0.25) is 11.9 Å². The Morgan fingerprint density at radius 3 is 2.24 bits per heavy atom. The Morgan fingerprint density at radius 1 is 1.00 bits per heavy atom. The van der Waals surface area contributed by atoms with Crippen LogP contribution in [0, 0.1) is 0 Å². The third-order valence-corrected chi connectivity index (χ3v) is 4.03. The molecule has 0 aliphatic heterocycles. The number of hydrogen-bond donors (Lipinski definition) is 1. The van der Waals surface area contributed by atoms with Gasteiger partial charge < -0.3 is 20.1 Å². The summed E-state index contributed by atoms with van der Waals surface area (Å²) < 4.78 is 11.3. The Hall–Kier alpha value is -2.22. The topological polar surface area (TPSA) is 86.4 Å². The van der Waals surface area contributed by atoms with Gasteiger partial charge in [-0.2, -0.15) is 26.7 Å². The summed E-state index contributed by atoms with van der Waals surface area (Å²) in [6.07, 6.45) is 0.998. The molecule has 0 fully saturated rings. The first-order valence-corrected chi connectivity index (χ1v) is 9.35. The first-order chi connectivity index (χ1) is 12.1. The van der Waals surface area contributed by atoms with Gasteiger partial charge >= 0.3 is 0 Å². The molecular formula is C17H25N5O2S. The number of thioether (sulfide) groups is 1. The van der Waals surface area contributed by atoms with E-state index in [2.05, 4.69) is 21.9 Å². The predicted octanol–water partition coefficient (Wildman–Crippen LogP) is 2.62. The van der Waals surface area contributed by atoms with Crippen molar-refractivity contribution in [2.24, 2.45) is 0 Å². The lowest BCUT2D eigenvalue weighted by atomic mass is 10.3. The van der Waals surface area contributed by atoms with Crippen molar-refractivity contribution < 1.29 is 9.47 Å². The summed E-state index contributed by atoms with van der Waals surface area (Å²) in [6, 6.07) is 7.69. The third kappa shape index (κ3) is 6.66. The zero-order valence-electron chi connectivity index (χ0n) is 14.9. The van der Waals surface area contributed by atoms with Crippen LogP contribution in [0.4, 0.5) is 11.9 Å². The van der Waals surface area contributed by atoms with Gasteiger partial charge in [-0.15, -0.1) is 0 Å². The Labute approximate surface area is 153 Å². The Balaban J connectivity index is 1.71. The Kier molecular flexibility index (Phi) is 7.59. The van der Waals surface area contributed by atoms with Gasteiger partial charge in [-0.1, -0.05) is 6.92 Å². The molecule has 0 spiro atoms. The average molecular weight is 363 g/mol. The zero-order chi connectivity index (χ0) is 18.1. The van der Waals surface area contributed by atoms with E-state index in [0.29, 0.717) is 24.1 Å². The van der Waals surface area contributed by atoms with Gasteiger partial charge in [0.25, 0.3) is 0 Å². The van der Waals surface area contributed by atoms with Crippen LogP contribution in [0.1, 0.15) is 19.2 Å². The predicted molar refractivity (Wildman–Crippen MR) is 102 cm³/mol. The molecule has 1 aromatic carbocycles. The minimum absolute atomic E-state index is 0.246. The molecule has 0 saturated carbocycles. The first kappa shape index (κ1) is 19.1. The highest BCUT2D eigenvalue weighted by molar-refractivity contribution is 7.98. The van der Waals surface area contributed by atoms with E-state index in [4.69, 9.17) is 15.2 Å². The van der Waals surface area contributed by atoms with Crippen molar-refractivity contribution in [1.29, 1.82) is 0 Å². The molecule has 25 heavy (non-hydrogen) atoms. The molecule has 1 heterocycles. The van der Waals surface area contributed by atoms with Gasteiger partial charge in [0, 0.05) is 19.8 Å². The van der Waals surface area contributed by atoms with Gasteiger partial charge in [0.1, 0.15) is 17.3 Å². The molecule has 0 aliphatic rings. The van der Waals surface area contributed by atoms with Crippen molar-refractivity contribution in [3.05, 3.63) is 30.1 Å². The molecular weight excluding hydrogens is 338 g/mol. The van der Waals surface area contributed by atoms with E-state index in [-0.39, 0.29) is 5.95 Å². The van der Waals surface area contributed by atoms with E-state index in [1.165, 1.54) is 0 Å². The number of ether oxygens (including phenoxy) is 2. The van der Waals surface area contributed by atoms with Gasteiger partial charge in [-0.3, -0.25) is 0 Å². The lowest BCUT2D eigenvalue weighted by molar-refractivity contribution is 0.314. The summed E-state index contributed by atoms with van der Waals surface area (Å²) in [4.78, 5) is 14.4. The molecule has 0 amide bonds. The number of anilines is 2. The number of nitrogen functional groups attached to an aromatic ring is 1. The normalized spacial score (nSPS) is 10.5. The maximum Gasteiger partial charge on any atom is 0.229 e. The van der Waals surface area contributed by atoms with Crippen molar-refractivity contribution in [2.45, 2.75) is 19.1 Å².